The van der Waals surface area contributed by atoms with Gasteiger partial charge in [0, 0.05) is 18.1 Å². The number of pyridine rings is 2. The molecule has 2 N–H and O–H groups in total. The normalized spacial score (nSPS) is 11.7. The van der Waals surface area contributed by atoms with E-state index >= 15 is 0 Å². The quantitative estimate of drug-likeness (QED) is 0.598. The summed E-state index contributed by atoms with van der Waals surface area (Å²) in [4.78, 5) is 13.1. The third-order valence-corrected chi connectivity index (χ3v) is 4.94. The summed E-state index contributed by atoms with van der Waals surface area (Å²) in [6.45, 7) is 0. The number of anilines is 1. The Balaban J connectivity index is 2.11. The number of aromatic nitrogens is 4. The molecular weight excluding hydrogens is 350 g/mol. The van der Waals surface area contributed by atoms with Crippen LogP contribution in [-0.2, 0) is 9.84 Å². The lowest BCUT2D eigenvalue weighted by molar-refractivity contribution is 0.598. The van der Waals surface area contributed by atoms with Gasteiger partial charge in [0.15, 0.2) is 26.3 Å². The molecule has 0 fully saturated rings. The second-order valence-electron chi connectivity index (χ2n) is 5.81. The van der Waals surface area contributed by atoms with Crippen LogP contribution in [0.5, 0.6) is 0 Å². The molecule has 0 amide bonds. The summed E-state index contributed by atoms with van der Waals surface area (Å²) < 4.78 is 25.7. The molecule has 0 bridgehead atoms. The predicted molar refractivity (Wildman–Crippen MR) is 99.6 cm³/mol. The fourth-order valence-corrected chi connectivity index (χ4v) is 3.32. The van der Waals surface area contributed by atoms with Crippen molar-refractivity contribution >= 4 is 26.8 Å². The second-order valence-corrected chi connectivity index (χ2v) is 7.77. The number of para-hydroxylation sites is 1. The van der Waals surface area contributed by atoms with Gasteiger partial charge in [-0.15, -0.1) is 0 Å². The van der Waals surface area contributed by atoms with Gasteiger partial charge in [0.25, 0.3) is 0 Å². The first-order valence-electron chi connectivity index (χ1n) is 7.81. The molecule has 0 aliphatic heterocycles. The topological polar surface area (TPSA) is 104 Å². The number of benzene rings is 1. The molecule has 26 heavy (non-hydrogen) atoms. The molecular formula is C18H15N5O2S. The summed E-state index contributed by atoms with van der Waals surface area (Å²) in [5.74, 6) is 0.887. The van der Waals surface area contributed by atoms with Gasteiger partial charge in [0.1, 0.15) is 11.3 Å². The van der Waals surface area contributed by atoms with Gasteiger partial charge in [-0.25, -0.2) is 23.4 Å². The van der Waals surface area contributed by atoms with Crippen molar-refractivity contribution < 1.29 is 8.42 Å². The number of imidazole rings is 1. The van der Waals surface area contributed by atoms with Crippen LogP contribution >= 0.6 is 0 Å². The fraction of sp³-hybridized carbons (Fsp3) is 0.0556. The summed E-state index contributed by atoms with van der Waals surface area (Å²) >= 11 is 0. The van der Waals surface area contributed by atoms with Crippen LogP contribution < -0.4 is 5.73 Å². The maximum Gasteiger partial charge on any atom is 0.192 e. The lowest BCUT2D eigenvalue weighted by Gasteiger charge is -2.10. The van der Waals surface area contributed by atoms with Gasteiger partial charge in [0.2, 0.25) is 0 Å². The van der Waals surface area contributed by atoms with Crippen molar-refractivity contribution in [2.75, 3.05) is 12.0 Å². The van der Waals surface area contributed by atoms with Crippen molar-refractivity contribution in [2.24, 2.45) is 0 Å². The van der Waals surface area contributed by atoms with Gasteiger partial charge < -0.3 is 5.73 Å². The zero-order valence-corrected chi connectivity index (χ0v) is 14.7. The Morgan fingerprint density at radius 3 is 2.42 bits per heavy atom. The van der Waals surface area contributed by atoms with E-state index in [1.165, 1.54) is 6.07 Å². The van der Waals surface area contributed by atoms with Gasteiger partial charge in [-0.2, -0.15) is 0 Å². The van der Waals surface area contributed by atoms with Crippen LogP contribution in [-0.4, -0.2) is 34.2 Å². The average Bonchev–Trinajstić information content (AvgIpc) is 3.00. The van der Waals surface area contributed by atoms with Crippen molar-refractivity contribution in [1.29, 1.82) is 0 Å². The molecule has 0 aliphatic carbocycles. The van der Waals surface area contributed by atoms with E-state index in [0.29, 0.717) is 28.4 Å². The molecule has 0 saturated carbocycles. The van der Waals surface area contributed by atoms with Gasteiger partial charge in [0.05, 0.1) is 5.56 Å². The maximum absolute atomic E-state index is 11.9. The molecule has 0 aliphatic rings. The summed E-state index contributed by atoms with van der Waals surface area (Å²) in [7, 11) is -3.45. The van der Waals surface area contributed by atoms with Crippen LogP contribution in [0, 0.1) is 0 Å². The minimum Gasteiger partial charge on any atom is -0.383 e. The lowest BCUT2D eigenvalue weighted by Crippen LogP contribution is -2.04. The van der Waals surface area contributed by atoms with Crippen molar-refractivity contribution in [3.8, 4) is 17.1 Å². The van der Waals surface area contributed by atoms with Crippen LogP contribution in [0.15, 0.2) is 65.8 Å². The Hall–Kier alpha value is -3.26. The molecule has 0 saturated heterocycles. The smallest absolute Gasteiger partial charge is 0.192 e. The molecule has 0 atom stereocenters. The van der Waals surface area contributed by atoms with Crippen LogP contribution in [0.25, 0.3) is 28.2 Å². The van der Waals surface area contributed by atoms with Crippen molar-refractivity contribution in [2.45, 2.75) is 5.03 Å². The summed E-state index contributed by atoms with van der Waals surface area (Å²) in [5, 5.41) is -0.00668. The standard InChI is InChI=1S/C18H15N5O2S/c1-26(24,25)15-10-9-14-18(22-15)23(12-6-3-2-4-7-12)17(21-14)13-8-5-11-20-16(13)19/h2-11H,1H3,(H2,19,20). The fourth-order valence-electron chi connectivity index (χ4n) is 2.76. The first-order valence-corrected chi connectivity index (χ1v) is 9.70. The highest BCUT2D eigenvalue weighted by molar-refractivity contribution is 7.90. The number of sulfone groups is 1. The summed E-state index contributed by atoms with van der Waals surface area (Å²) in [6, 6.07) is 16.2. The van der Waals surface area contributed by atoms with Crippen molar-refractivity contribution in [3.05, 3.63) is 60.8 Å². The molecule has 8 heteroatoms. The molecule has 0 spiro atoms. The number of nitrogen functional groups attached to an aromatic ring is 1. The number of hydrogen-bond acceptors (Lipinski definition) is 6. The molecule has 1 aromatic carbocycles. The van der Waals surface area contributed by atoms with Crippen LogP contribution in [0.3, 0.4) is 0 Å². The van der Waals surface area contributed by atoms with Gasteiger partial charge in [-0.05, 0) is 36.4 Å². The highest BCUT2D eigenvalue weighted by Crippen LogP contribution is 2.30. The average molecular weight is 365 g/mol. The highest BCUT2D eigenvalue weighted by Gasteiger charge is 2.19. The Morgan fingerprint density at radius 1 is 0.962 bits per heavy atom. The van der Waals surface area contributed by atoms with E-state index in [1.807, 2.05) is 36.4 Å². The first-order chi connectivity index (χ1) is 12.4. The van der Waals surface area contributed by atoms with Gasteiger partial charge in [-0.3, -0.25) is 4.57 Å². The minimum atomic E-state index is -3.45. The third-order valence-electron chi connectivity index (χ3n) is 3.95. The van der Waals surface area contributed by atoms with Crippen molar-refractivity contribution in [1.82, 2.24) is 19.5 Å². The molecule has 4 rings (SSSR count). The van der Waals surface area contributed by atoms with Gasteiger partial charge >= 0.3 is 0 Å². The van der Waals surface area contributed by atoms with E-state index in [-0.39, 0.29) is 5.03 Å². The first kappa shape index (κ1) is 16.2. The summed E-state index contributed by atoms with van der Waals surface area (Å²) in [6.07, 6.45) is 2.73. The minimum absolute atomic E-state index is 0.00668. The number of fused-ring (bicyclic) bond motifs is 1. The Labute approximate surface area is 150 Å². The highest BCUT2D eigenvalue weighted by atomic mass is 32.2. The molecule has 0 radical (unpaired) electrons. The molecule has 4 aromatic rings. The van der Waals surface area contributed by atoms with E-state index < -0.39 is 9.84 Å². The number of hydrogen-bond donors (Lipinski definition) is 1. The number of nitrogens with zero attached hydrogens (tertiary/aromatic N) is 4. The number of rotatable bonds is 3. The predicted octanol–water partition coefficient (Wildman–Crippen LogP) is 2.47. The molecule has 3 heterocycles. The van der Waals surface area contributed by atoms with E-state index in [4.69, 9.17) is 5.73 Å². The van der Waals surface area contributed by atoms with Gasteiger partial charge in [-0.1, -0.05) is 18.2 Å². The van der Waals surface area contributed by atoms with Crippen molar-refractivity contribution in [3.63, 3.8) is 0 Å². The molecule has 130 valence electrons. The second kappa shape index (κ2) is 5.92. The van der Waals surface area contributed by atoms with E-state index in [9.17, 15) is 8.42 Å². The molecule has 3 aromatic heterocycles. The van der Waals surface area contributed by atoms with Crippen LogP contribution in [0.4, 0.5) is 5.82 Å². The largest absolute Gasteiger partial charge is 0.383 e. The van der Waals surface area contributed by atoms with E-state index in [1.54, 1.807) is 22.9 Å². The van der Waals surface area contributed by atoms with E-state index in [2.05, 4.69) is 15.0 Å². The monoisotopic (exact) mass is 365 g/mol. The Morgan fingerprint density at radius 2 is 1.73 bits per heavy atom. The van der Waals surface area contributed by atoms with Crippen LogP contribution in [0.2, 0.25) is 0 Å². The number of nitrogens with two attached hydrogens (primary N) is 1. The lowest BCUT2D eigenvalue weighted by atomic mass is 10.2. The molecule has 0 unspecified atom stereocenters. The molecule has 7 nitrogen and oxygen atoms in total. The van der Waals surface area contributed by atoms with Crippen LogP contribution in [0.1, 0.15) is 0 Å². The summed E-state index contributed by atoms with van der Waals surface area (Å²) in [5.41, 5.74) is 8.50. The van der Waals surface area contributed by atoms with E-state index in [0.717, 1.165) is 11.9 Å². The SMILES string of the molecule is CS(=O)(=O)c1ccc2nc(-c3cccnc3N)n(-c3ccccc3)c2n1. The zero-order valence-electron chi connectivity index (χ0n) is 13.9. The Kier molecular flexibility index (Phi) is 3.69. The zero-order chi connectivity index (χ0) is 18.3. The third kappa shape index (κ3) is 2.70. The maximum atomic E-state index is 11.9. The Bertz CT molecular complexity index is 1220.